The molecule has 1 aromatic carbocycles. The molecule has 0 aromatic heterocycles. The van der Waals surface area contributed by atoms with E-state index in [0.717, 1.165) is 0 Å². The molecule has 4 heteroatoms. The number of halogens is 1. The van der Waals surface area contributed by atoms with E-state index in [1.807, 2.05) is 13.8 Å². The number of aliphatic hydroxyl groups is 2. The van der Waals surface area contributed by atoms with Crippen LogP contribution in [0.25, 0.3) is 0 Å². The maximum Gasteiger partial charge on any atom is 0.131 e. The van der Waals surface area contributed by atoms with Gasteiger partial charge in [-0.2, -0.15) is 0 Å². The predicted octanol–water partition coefficient (Wildman–Crippen LogP) is 2.09. The highest BCUT2D eigenvalue weighted by Crippen LogP contribution is 2.31. The van der Waals surface area contributed by atoms with Gasteiger partial charge in [-0.3, -0.25) is 0 Å². The Kier molecular flexibility index (Phi) is 4.11. The molecule has 0 bridgehead atoms. The Morgan fingerprint density at radius 1 is 1.41 bits per heavy atom. The van der Waals surface area contributed by atoms with Crippen LogP contribution in [-0.2, 0) is 0 Å². The average Bonchev–Trinajstić information content (AvgIpc) is 2.27. The Labute approximate surface area is 101 Å². The van der Waals surface area contributed by atoms with Crippen LogP contribution in [0.4, 0.5) is 10.1 Å². The van der Waals surface area contributed by atoms with Gasteiger partial charge in [0.15, 0.2) is 0 Å². The lowest BCUT2D eigenvalue weighted by Gasteiger charge is -2.37. The van der Waals surface area contributed by atoms with Crippen molar-refractivity contribution in [3.05, 3.63) is 29.6 Å². The van der Waals surface area contributed by atoms with Crippen molar-refractivity contribution in [1.82, 2.24) is 0 Å². The number of likely N-dealkylation sites (N-methyl/N-ethyl adjacent to an activating group) is 1. The van der Waals surface area contributed by atoms with E-state index in [-0.39, 0.29) is 12.2 Å². The molecule has 3 nitrogen and oxygen atoms in total. The summed E-state index contributed by atoms with van der Waals surface area (Å²) in [6.07, 6.45) is -0.886. The molecule has 0 amide bonds. The third kappa shape index (κ3) is 2.76. The maximum absolute atomic E-state index is 13.7. The van der Waals surface area contributed by atoms with Crippen molar-refractivity contribution in [3.8, 4) is 0 Å². The zero-order valence-electron chi connectivity index (χ0n) is 10.7. The predicted molar refractivity (Wildman–Crippen MR) is 66.6 cm³/mol. The molecule has 0 heterocycles. The van der Waals surface area contributed by atoms with Crippen molar-refractivity contribution in [1.29, 1.82) is 0 Å². The normalized spacial score (nSPS) is 13.6. The molecule has 0 aliphatic heterocycles. The second-order valence-corrected chi connectivity index (χ2v) is 4.88. The van der Waals surface area contributed by atoms with E-state index in [9.17, 15) is 14.6 Å². The van der Waals surface area contributed by atoms with Crippen molar-refractivity contribution < 1.29 is 14.6 Å². The number of hydrogen-bond acceptors (Lipinski definition) is 3. The van der Waals surface area contributed by atoms with Crippen LogP contribution in [0.15, 0.2) is 18.2 Å². The van der Waals surface area contributed by atoms with Gasteiger partial charge in [-0.25, -0.2) is 4.39 Å². The number of benzene rings is 1. The summed E-state index contributed by atoms with van der Waals surface area (Å²) in [4.78, 5) is 1.78. The molecule has 0 spiro atoms. The highest BCUT2D eigenvalue weighted by molar-refractivity contribution is 5.56. The second kappa shape index (κ2) is 5.02. The topological polar surface area (TPSA) is 43.7 Å². The lowest BCUT2D eigenvalue weighted by Crippen LogP contribution is -2.45. The fourth-order valence-corrected chi connectivity index (χ4v) is 1.66. The van der Waals surface area contributed by atoms with Crippen LogP contribution in [0.1, 0.15) is 32.4 Å². The van der Waals surface area contributed by atoms with Gasteiger partial charge in [-0.1, -0.05) is 6.07 Å². The Bertz CT molecular complexity index is 391. The minimum atomic E-state index is -0.886. The zero-order chi connectivity index (χ0) is 13.2. The number of anilines is 1. The SMILES string of the molecule is C[C@H](O)c1c(F)cccc1N(C)C(C)(C)CO. The molecule has 2 N–H and O–H groups in total. The monoisotopic (exact) mass is 241 g/mol. The smallest absolute Gasteiger partial charge is 0.131 e. The van der Waals surface area contributed by atoms with E-state index in [0.29, 0.717) is 5.69 Å². The lowest BCUT2D eigenvalue weighted by atomic mass is 10.00. The minimum absolute atomic E-state index is 0.0563. The number of nitrogens with zero attached hydrogens (tertiary/aromatic N) is 1. The standard InChI is InChI=1S/C13H20FNO2/c1-9(17)12-10(14)6-5-7-11(12)15(4)13(2,3)8-16/h5-7,9,16-17H,8H2,1-4H3/t9-/m0/s1. The number of aliphatic hydroxyl groups excluding tert-OH is 2. The first-order valence-electron chi connectivity index (χ1n) is 5.62. The molecular formula is C13H20FNO2. The Hall–Kier alpha value is -1.13. The minimum Gasteiger partial charge on any atom is -0.394 e. The third-order valence-corrected chi connectivity index (χ3v) is 3.10. The highest BCUT2D eigenvalue weighted by atomic mass is 19.1. The summed E-state index contributed by atoms with van der Waals surface area (Å²) in [5.41, 5.74) is 0.341. The van der Waals surface area contributed by atoms with Crippen LogP contribution in [0.5, 0.6) is 0 Å². The van der Waals surface area contributed by atoms with E-state index >= 15 is 0 Å². The summed E-state index contributed by atoms with van der Waals surface area (Å²) in [5, 5.41) is 19.0. The van der Waals surface area contributed by atoms with E-state index in [4.69, 9.17) is 0 Å². The highest BCUT2D eigenvalue weighted by Gasteiger charge is 2.26. The van der Waals surface area contributed by atoms with Crippen molar-refractivity contribution in [2.45, 2.75) is 32.4 Å². The van der Waals surface area contributed by atoms with E-state index < -0.39 is 17.5 Å². The molecule has 0 saturated heterocycles. The zero-order valence-corrected chi connectivity index (χ0v) is 10.7. The van der Waals surface area contributed by atoms with Crippen LogP contribution >= 0.6 is 0 Å². The average molecular weight is 241 g/mol. The molecule has 0 fully saturated rings. The first-order chi connectivity index (χ1) is 7.81. The molecule has 1 aromatic rings. The Morgan fingerprint density at radius 3 is 2.47 bits per heavy atom. The largest absolute Gasteiger partial charge is 0.394 e. The van der Waals surface area contributed by atoms with Crippen LogP contribution in [-0.4, -0.2) is 29.4 Å². The van der Waals surface area contributed by atoms with E-state index in [1.165, 1.54) is 13.0 Å². The molecule has 0 radical (unpaired) electrons. The molecule has 17 heavy (non-hydrogen) atoms. The molecule has 1 rings (SSSR count). The third-order valence-electron chi connectivity index (χ3n) is 3.10. The summed E-state index contributed by atoms with van der Waals surface area (Å²) in [6, 6.07) is 4.66. The van der Waals surface area contributed by atoms with Gasteiger partial charge in [0.05, 0.1) is 18.2 Å². The van der Waals surface area contributed by atoms with Crippen LogP contribution in [0.2, 0.25) is 0 Å². The van der Waals surface area contributed by atoms with Gasteiger partial charge in [0, 0.05) is 18.3 Å². The van der Waals surface area contributed by atoms with Crippen molar-refractivity contribution >= 4 is 5.69 Å². The van der Waals surface area contributed by atoms with Gasteiger partial charge in [0.25, 0.3) is 0 Å². The first kappa shape index (κ1) is 13.9. The summed E-state index contributed by atoms with van der Waals surface area (Å²) in [5.74, 6) is -0.432. The van der Waals surface area contributed by atoms with Crippen LogP contribution in [0.3, 0.4) is 0 Å². The summed E-state index contributed by atoms with van der Waals surface area (Å²) >= 11 is 0. The molecule has 0 unspecified atom stereocenters. The van der Waals surface area contributed by atoms with Gasteiger partial charge in [0.2, 0.25) is 0 Å². The second-order valence-electron chi connectivity index (χ2n) is 4.88. The Morgan fingerprint density at radius 2 is 2.00 bits per heavy atom. The molecule has 0 aliphatic carbocycles. The van der Waals surface area contributed by atoms with Crippen LogP contribution < -0.4 is 4.90 Å². The molecule has 1 atom stereocenters. The lowest BCUT2D eigenvalue weighted by molar-refractivity contribution is 0.191. The molecule has 96 valence electrons. The number of rotatable bonds is 4. The van der Waals surface area contributed by atoms with E-state index in [2.05, 4.69) is 0 Å². The van der Waals surface area contributed by atoms with Gasteiger partial charge in [-0.15, -0.1) is 0 Å². The van der Waals surface area contributed by atoms with Crippen molar-refractivity contribution in [2.24, 2.45) is 0 Å². The van der Waals surface area contributed by atoms with Crippen molar-refractivity contribution in [2.75, 3.05) is 18.6 Å². The maximum atomic E-state index is 13.7. The van der Waals surface area contributed by atoms with Gasteiger partial charge >= 0.3 is 0 Å². The summed E-state index contributed by atoms with van der Waals surface area (Å²) in [6.45, 7) is 5.18. The fraction of sp³-hybridized carbons (Fsp3) is 0.538. The van der Waals surface area contributed by atoms with E-state index in [1.54, 1.807) is 24.1 Å². The fourth-order valence-electron chi connectivity index (χ4n) is 1.66. The molecule has 0 saturated carbocycles. The van der Waals surface area contributed by atoms with Gasteiger partial charge in [-0.05, 0) is 32.9 Å². The van der Waals surface area contributed by atoms with Gasteiger partial charge < -0.3 is 15.1 Å². The summed E-state index contributed by atoms with van der Waals surface area (Å²) < 4.78 is 13.7. The summed E-state index contributed by atoms with van der Waals surface area (Å²) in [7, 11) is 1.77. The quantitative estimate of drug-likeness (QED) is 0.848. The molecule has 0 aliphatic rings. The van der Waals surface area contributed by atoms with Crippen molar-refractivity contribution in [3.63, 3.8) is 0 Å². The first-order valence-corrected chi connectivity index (χ1v) is 5.62. The molecular weight excluding hydrogens is 221 g/mol. The Balaban J connectivity index is 3.27. The van der Waals surface area contributed by atoms with Gasteiger partial charge in [0.1, 0.15) is 5.82 Å². The number of hydrogen-bond donors (Lipinski definition) is 2. The van der Waals surface area contributed by atoms with Crippen LogP contribution in [0, 0.1) is 5.82 Å².